The van der Waals surface area contributed by atoms with E-state index in [0.29, 0.717) is 0 Å². The summed E-state index contributed by atoms with van der Waals surface area (Å²) in [6.07, 6.45) is 3.64. The lowest BCUT2D eigenvalue weighted by molar-refractivity contribution is -0.582. The molecule has 0 aliphatic rings. The molecule has 0 radical (unpaired) electrons. The lowest BCUT2D eigenvalue weighted by atomic mass is 10.2. The fourth-order valence-corrected chi connectivity index (χ4v) is 1.76. The number of halogens is 1. The minimum Gasteiger partial charge on any atom is -0.101 e. The lowest BCUT2D eigenvalue weighted by Gasteiger charge is -1.97. The van der Waals surface area contributed by atoms with E-state index < -0.39 is 0 Å². The molecule has 0 amide bonds. The zero-order valence-electron chi connectivity index (χ0n) is 8.92. The molecular weight excluding hydrogens is 234 g/mol. The highest BCUT2D eigenvalue weighted by molar-refractivity contribution is 6.30. The van der Waals surface area contributed by atoms with Gasteiger partial charge in [-0.2, -0.15) is 0 Å². The van der Waals surface area contributed by atoms with E-state index in [1.165, 1.54) is 0 Å². The Kier molecular flexibility index (Phi) is 2.46. The van der Waals surface area contributed by atoms with Crippen LogP contribution in [0.25, 0.3) is 16.9 Å². The second kappa shape index (κ2) is 4.11. The highest BCUT2D eigenvalue weighted by Gasteiger charge is 2.08. The molecule has 17 heavy (non-hydrogen) atoms. The second-order valence-electron chi connectivity index (χ2n) is 3.65. The topological polar surface area (TPSA) is 29.9 Å². The minimum absolute atomic E-state index is 0.718. The molecule has 2 aromatic heterocycles. The number of hydrogen-bond acceptors (Lipinski definition) is 2. The average Bonchev–Trinajstić information content (AvgIpc) is 2.39. The van der Waals surface area contributed by atoms with Crippen LogP contribution in [0.1, 0.15) is 0 Å². The van der Waals surface area contributed by atoms with Gasteiger partial charge in [-0.3, -0.25) is 0 Å². The van der Waals surface area contributed by atoms with Crippen molar-refractivity contribution < 1.29 is 4.52 Å². The molecule has 0 atom stereocenters. The number of pyridine rings is 1. The van der Waals surface area contributed by atoms with Gasteiger partial charge in [-0.15, -0.1) is 4.52 Å². The molecule has 2 heterocycles. The molecule has 3 aromatic rings. The normalized spacial score (nSPS) is 10.6. The third-order valence-corrected chi connectivity index (χ3v) is 2.74. The molecule has 0 aliphatic heterocycles. The molecule has 0 spiro atoms. The van der Waals surface area contributed by atoms with E-state index in [-0.39, 0.29) is 0 Å². The maximum absolute atomic E-state index is 5.85. The van der Waals surface area contributed by atoms with Crippen LogP contribution in [-0.4, -0.2) is 10.1 Å². The molecule has 3 rings (SSSR count). The number of nitrogens with zero attached hydrogens (tertiary/aromatic N) is 3. The summed E-state index contributed by atoms with van der Waals surface area (Å²) in [4.78, 5) is 4.35. The first kappa shape index (κ1) is 10.2. The molecule has 0 aliphatic carbocycles. The van der Waals surface area contributed by atoms with Gasteiger partial charge in [0.2, 0.25) is 0 Å². The molecule has 3 nitrogen and oxygen atoms in total. The van der Waals surface area contributed by atoms with Crippen molar-refractivity contribution in [3.8, 4) is 11.3 Å². The highest BCUT2D eigenvalue weighted by Crippen LogP contribution is 2.17. The van der Waals surface area contributed by atoms with Crippen LogP contribution in [0.2, 0.25) is 5.02 Å². The Balaban J connectivity index is 2.14. The molecule has 0 bridgehead atoms. The van der Waals surface area contributed by atoms with Crippen molar-refractivity contribution in [1.82, 2.24) is 10.1 Å². The summed E-state index contributed by atoms with van der Waals surface area (Å²) in [5, 5.41) is 5.20. The van der Waals surface area contributed by atoms with Crippen LogP contribution in [0.4, 0.5) is 0 Å². The Morgan fingerprint density at radius 2 is 1.82 bits per heavy atom. The van der Waals surface area contributed by atoms with Gasteiger partial charge in [0.05, 0.1) is 0 Å². The quantitative estimate of drug-likeness (QED) is 0.614. The van der Waals surface area contributed by atoms with E-state index in [0.717, 1.165) is 21.9 Å². The van der Waals surface area contributed by atoms with Crippen LogP contribution < -0.4 is 4.52 Å². The summed E-state index contributed by atoms with van der Waals surface area (Å²) in [7, 11) is 0. The van der Waals surface area contributed by atoms with E-state index in [1.54, 1.807) is 10.7 Å². The van der Waals surface area contributed by atoms with Crippen LogP contribution in [0.15, 0.2) is 54.9 Å². The first-order valence-corrected chi connectivity index (χ1v) is 5.60. The van der Waals surface area contributed by atoms with Crippen molar-refractivity contribution >= 4 is 17.2 Å². The van der Waals surface area contributed by atoms with Crippen LogP contribution >= 0.6 is 11.6 Å². The monoisotopic (exact) mass is 242 g/mol. The van der Waals surface area contributed by atoms with E-state index in [9.17, 15) is 0 Å². The SMILES string of the molecule is Clc1ccc(-c2cnc3cccc[n+]3n2)cc1. The van der Waals surface area contributed by atoms with Crippen molar-refractivity contribution in [1.29, 1.82) is 0 Å². The Labute approximate surface area is 103 Å². The predicted octanol–water partition coefficient (Wildman–Crippen LogP) is 2.54. The molecule has 1 aromatic carbocycles. The number of fused-ring (bicyclic) bond motifs is 1. The summed E-state index contributed by atoms with van der Waals surface area (Å²) >= 11 is 5.85. The molecule has 0 saturated heterocycles. The van der Waals surface area contributed by atoms with Gasteiger partial charge in [0.1, 0.15) is 6.20 Å². The number of hydrogen-bond donors (Lipinski definition) is 0. The van der Waals surface area contributed by atoms with Gasteiger partial charge in [-0.05, 0) is 23.2 Å². The maximum atomic E-state index is 5.85. The molecule has 82 valence electrons. The predicted molar refractivity (Wildman–Crippen MR) is 65.6 cm³/mol. The lowest BCUT2D eigenvalue weighted by Crippen LogP contribution is -2.27. The van der Waals surface area contributed by atoms with E-state index >= 15 is 0 Å². The first-order valence-electron chi connectivity index (χ1n) is 5.22. The third-order valence-electron chi connectivity index (χ3n) is 2.49. The summed E-state index contributed by atoms with van der Waals surface area (Å²) in [5.74, 6) is 0. The van der Waals surface area contributed by atoms with Crippen LogP contribution in [0, 0.1) is 0 Å². The Bertz CT molecular complexity index is 665. The molecule has 0 fully saturated rings. The Morgan fingerprint density at radius 1 is 1.00 bits per heavy atom. The Hall–Kier alpha value is -2.00. The fraction of sp³-hybridized carbons (Fsp3) is 0. The summed E-state index contributed by atoms with van der Waals surface area (Å²) in [5.41, 5.74) is 2.65. The van der Waals surface area contributed by atoms with Gasteiger partial charge in [-0.1, -0.05) is 34.9 Å². The first-order chi connectivity index (χ1) is 8.33. The standard InChI is InChI=1S/C13H9ClN3/c14-11-6-4-10(5-7-11)12-9-15-13-3-1-2-8-17(13)16-12/h1-9H/q+1. The fourth-order valence-electron chi connectivity index (χ4n) is 1.63. The second-order valence-corrected chi connectivity index (χ2v) is 4.09. The van der Waals surface area contributed by atoms with Gasteiger partial charge in [0.15, 0.2) is 11.9 Å². The Morgan fingerprint density at radius 3 is 2.65 bits per heavy atom. The van der Waals surface area contributed by atoms with Crippen molar-refractivity contribution in [2.24, 2.45) is 0 Å². The van der Waals surface area contributed by atoms with Crippen LogP contribution in [-0.2, 0) is 0 Å². The van der Waals surface area contributed by atoms with E-state index in [4.69, 9.17) is 11.6 Å². The van der Waals surface area contributed by atoms with Gasteiger partial charge in [-0.25, -0.2) is 0 Å². The van der Waals surface area contributed by atoms with Crippen molar-refractivity contribution in [3.63, 3.8) is 0 Å². The van der Waals surface area contributed by atoms with Gasteiger partial charge in [0, 0.05) is 16.7 Å². The molecule has 4 heteroatoms. The van der Waals surface area contributed by atoms with Crippen molar-refractivity contribution in [3.05, 3.63) is 59.9 Å². The molecule has 0 N–H and O–H groups in total. The van der Waals surface area contributed by atoms with Gasteiger partial charge >= 0.3 is 5.65 Å². The van der Waals surface area contributed by atoms with Crippen LogP contribution in [0.5, 0.6) is 0 Å². The zero-order chi connectivity index (χ0) is 11.7. The average molecular weight is 243 g/mol. The zero-order valence-corrected chi connectivity index (χ0v) is 9.67. The largest absolute Gasteiger partial charge is 0.348 e. The summed E-state index contributed by atoms with van der Waals surface area (Å²) in [6, 6.07) is 13.3. The summed E-state index contributed by atoms with van der Waals surface area (Å²) < 4.78 is 1.75. The molecule has 0 unspecified atom stereocenters. The van der Waals surface area contributed by atoms with E-state index in [2.05, 4.69) is 10.1 Å². The van der Waals surface area contributed by atoms with Crippen LogP contribution in [0.3, 0.4) is 0 Å². The van der Waals surface area contributed by atoms with E-state index in [1.807, 2.05) is 48.7 Å². The smallest absolute Gasteiger partial charge is 0.101 e. The van der Waals surface area contributed by atoms with Gasteiger partial charge < -0.3 is 0 Å². The third kappa shape index (κ3) is 1.97. The highest BCUT2D eigenvalue weighted by atomic mass is 35.5. The minimum atomic E-state index is 0.718. The number of aromatic nitrogens is 3. The number of rotatable bonds is 1. The van der Waals surface area contributed by atoms with Gasteiger partial charge in [0.25, 0.3) is 0 Å². The molecule has 0 saturated carbocycles. The molecular formula is C13H9ClN3+. The van der Waals surface area contributed by atoms with Crippen molar-refractivity contribution in [2.45, 2.75) is 0 Å². The number of benzene rings is 1. The van der Waals surface area contributed by atoms with Crippen molar-refractivity contribution in [2.75, 3.05) is 0 Å². The maximum Gasteiger partial charge on any atom is 0.348 e. The summed E-state index contributed by atoms with van der Waals surface area (Å²) in [6.45, 7) is 0.